The van der Waals surface area contributed by atoms with Crippen LogP contribution in [0.15, 0.2) is 0 Å². The highest BCUT2D eigenvalue weighted by Gasteiger charge is 2.64. The maximum absolute atomic E-state index is 11.0. The zero-order valence-corrected chi connectivity index (χ0v) is 30.9. The maximum atomic E-state index is 11.0. The predicted octanol–water partition coefficient (Wildman–Crippen LogP) is 1.08. The Morgan fingerprint density at radius 2 is 1.41 bits per heavy atom. The lowest BCUT2D eigenvalue weighted by Gasteiger charge is -2.63. The standard InChI is InChI=1S/C38H66O13/c1-5-6-19(2)23-9-10-24-22-8-7-20-15-21(41)11-12-37(20,3)25(22)16-28(38(23,24)4)47-13-14-48-35-33(46)31(44)34(27(18-40)50-35)51-36-32(45)30(43)29(42)26(17-39)49-36/h19-36,39-46H,5-18H2,1-4H3/t19-,20-,21-,22+,23-,24+,25+,26?,27?,28+,29-,30+,31-,32?,33?,34-,35-,36-,37+,38-/m1/s1. The monoisotopic (exact) mass is 730 g/mol. The molecule has 0 spiro atoms. The Morgan fingerprint density at radius 1 is 0.725 bits per heavy atom. The summed E-state index contributed by atoms with van der Waals surface area (Å²) in [6.45, 7) is 8.68. The first kappa shape index (κ1) is 40.2. The third-order valence-electron chi connectivity index (χ3n) is 14.9. The SMILES string of the molecule is CCC[C@@H](C)[C@H]1CC[C@H]2[C@@H]3CC[C@@H]4C[C@H](O)CC[C@]4(C)[C@H]3C[C@H](OCCO[C@@H]3OC(CO)[C@@H](O[C@H]4OC(CO)[C@@H](O)[C@H](O)C4O)[C@H](O)C3O)[C@]12C. The van der Waals surface area contributed by atoms with Crippen molar-refractivity contribution in [3.05, 3.63) is 0 Å². The minimum absolute atomic E-state index is 0.0289. The van der Waals surface area contributed by atoms with Crippen molar-refractivity contribution in [2.75, 3.05) is 26.4 Å². The normalized spacial score (nSPS) is 52.1. The van der Waals surface area contributed by atoms with E-state index < -0.39 is 74.6 Å². The van der Waals surface area contributed by atoms with Crippen LogP contribution in [0.1, 0.15) is 91.9 Å². The number of hydrogen-bond donors (Lipinski definition) is 8. The highest BCUT2D eigenvalue weighted by atomic mass is 16.7. The second kappa shape index (κ2) is 16.3. The molecule has 8 N–H and O–H groups in total. The molecule has 2 saturated heterocycles. The highest BCUT2D eigenvalue weighted by molar-refractivity contribution is 5.13. The van der Waals surface area contributed by atoms with E-state index in [0.29, 0.717) is 35.5 Å². The molecule has 0 bridgehead atoms. The van der Waals surface area contributed by atoms with E-state index in [1.165, 1.54) is 32.1 Å². The maximum Gasteiger partial charge on any atom is 0.187 e. The Balaban J connectivity index is 1.11. The predicted molar refractivity (Wildman–Crippen MR) is 183 cm³/mol. The fourth-order valence-corrected chi connectivity index (χ4v) is 12.1. The van der Waals surface area contributed by atoms with Gasteiger partial charge >= 0.3 is 0 Å². The van der Waals surface area contributed by atoms with Gasteiger partial charge in [-0.25, -0.2) is 0 Å². The molecular formula is C38H66O13. The Labute approximate surface area is 302 Å². The average Bonchev–Trinajstić information content (AvgIpc) is 3.48. The van der Waals surface area contributed by atoms with E-state index in [9.17, 15) is 40.9 Å². The van der Waals surface area contributed by atoms with Crippen molar-refractivity contribution in [1.29, 1.82) is 0 Å². The average molecular weight is 731 g/mol. The quantitative estimate of drug-likeness (QED) is 0.133. The van der Waals surface area contributed by atoms with Crippen LogP contribution in [0.25, 0.3) is 0 Å². The number of aliphatic hydroxyl groups excluding tert-OH is 8. The lowest BCUT2D eigenvalue weighted by molar-refractivity contribution is -0.360. The van der Waals surface area contributed by atoms with Crippen LogP contribution in [-0.4, -0.2) is 141 Å². The molecule has 13 heteroatoms. The van der Waals surface area contributed by atoms with Crippen molar-refractivity contribution in [2.24, 2.45) is 46.3 Å². The topological polar surface area (TPSA) is 208 Å². The van der Waals surface area contributed by atoms with Crippen molar-refractivity contribution >= 4 is 0 Å². The Bertz CT molecular complexity index is 1130. The van der Waals surface area contributed by atoms with Crippen LogP contribution >= 0.6 is 0 Å². The minimum atomic E-state index is -1.73. The van der Waals surface area contributed by atoms with Gasteiger partial charge in [-0.2, -0.15) is 0 Å². The van der Waals surface area contributed by atoms with E-state index in [1.807, 2.05) is 0 Å². The van der Waals surface area contributed by atoms with Gasteiger partial charge in [0.1, 0.15) is 48.8 Å². The summed E-state index contributed by atoms with van der Waals surface area (Å²) < 4.78 is 29.8. The summed E-state index contributed by atoms with van der Waals surface area (Å²) in [6, 6.07) is 0. The Kier molecular flexibility index (Phi) is 12.8. The summed E-state index contributed by atoms with van der Waals surface area (Å²) in [5.74, 6) is 3.50. The number of aliphatic hydroxyl groups is 8. The van der Waals surface area contributed by atoms with E-state index in [1.54, 1.807) is 0 Å². The molecular weight excluding hydrogens is 664 g/mol. The van der Waals surface area contributed by atoms with E-state index in [0.717, 1.165) is 32.1 Å². The molecule has 4 saturated carbocycles. The number of fused-ring (bicyclic) bond motifs is 5. The number of rotatable bonds is 12. The summed E-state index contributed by atoms with van der Waals surface area (Å²) >= 11 is 0. The molecule has 13 nitrogen and oxygen atoms in total. The fourth-order valence-electron chi connectivity index (χ4n) is 12.1. The Morgan fingerprint density at radius 3 is 2.12 bits per heavy atom. The third kappa shape index (κ3) is 7.32. The molecule has 296 valence electrons. The van der Waals surface area contributed by atoms with Crippen molar-refractivity contribution in [2.45, 2.75) is 166 Å². The van der Waals surface area contributed by atoms with Crippen molar-refractivity contribution in [3.8, 4) is 0 Å². The van der Waals surface area contributed by atoms with Crippen molar-refractivity contribution in [1.82, 2.24) is 0 Å². The highest BCUT2D eigenvalue weighted by Crippen LogP contribution is 2.69. The largest absolute Gasteiger partial charge is 0.394 e. The molecule has 6 fully saturated rings. The molecule has 2 aliphatic heterocycles. The van der Waals surface area contributed by atoms with Crippen LogP contribution in [0, 0.1) is 46.3 Å². The molecule has 4 aliphatic carbocycles. The second-order valence-corrected chi connectivity index (χ2v) is 17.4. The van der Waals surface area contributed by atoms with E-state index in [2.05, 4.69) is 27.7 Å². The first-order valence-electron chi connectivity index (χ1n) is 19.8. The summed E-state index contributed by atoms with van der Waals surface area (Å²) in [7, 11) is 0. The van der Waals surface area contributed by atoms with Crippen LogP contribution in [0.2, 0.25) is 0 Å². The molecule has 0 aromatic rings. The molecule has 20 atom stereocenters. The fraction of sp³-hybridized carbons (Fsp3) is 1.00. The first-order chi connectivity index (χ1) is 24.3. The van der Waals surface area contributed by atoms with Crippen LogP contribution in [0.4, 0.5) is 0 Å². The van der Waals surface area contributed by atoms with Gasteiger partial charge in [0.15, 0.2) is 12.6 Å². The second-order valence-electron chi connectivity index (χ2n) is 17.4. The van der Waals surface area contributed by atoms with Crippen molar-refractivity contribution < 1.29 is 64.5 Å². The summed E-state index contributed by atoms with van der Waals surface area (Å²) in [6.07, 6.45) is -4.06. The molecule has 2 heterocycles. The van der Waals surface area contributed by atoms with Gasteiger partial charge in [-0.1, -0.05) is 40.5 Å². The van der Waals surface area contributed by atoms with Gasteiger partial charge in [-0.15, -0.1) is 0 Å². The van der Waals surface area contributed by atoms with E-state index in [4.69, 9.17) is 23.7 Å². The number of ether oxygens (including phenoxy) is 5. The Hall–Kier alpha value is -0.520. The van der Waals surface area contributed by atoms with Crippen LogP contribution in [0.5, 0.6) is 0 Å². The smallest absolute Gasteiger partial charge is 0.187 e. The first-order valence-corrected chi connectivity index (χ1v) is 19.8. The van der Waals surface area contributed by atoms with Gasteiger partial charge in [-0.3, -0.25) is 0 Å². The number of hydrogen-bond acceptors (Lipinski definition) is 13. The molecule has 6 rings (SSSR count). The molecule has 0 aromatic heterocycles. The van der Waals surface area contributed by atoms with Crippen LogP contribution in [0.3, 0.4) is 0 Å². The molecule has 4 unspecified atom stereocenters. The zero-order valence-electron chi connectivity index (χ0n) is 30.9. The molecule has 0 amide bonds. The summed E-state index contributed by atoms with van der Waals surface area (Å²) in [5.41, 5.74) is 0.222. The van der Waals surface area contributed by atoms with Gasteiger partial charge in [0.25, 0.3) is 0 Å². The van der Waals surface area contributed by atoms with Crippen molar-refractivity contribution in [3.63, 3.8) is 0 Å². The summed E-state index contributed by atoms with van der Waals surface area (Å²) in [5, 5.41) is 82.9. The molecule has 51 heavy (non-hydrogen) atoms. The molecule has 0 radical (unpaired) electrons. The van der Waals surface area contributed by atoms with Crippen LogP contribution in [-0.2, 0) is 23.7 Å². The van der Waals surface area contributed by atoms with Gasteiger partial charge in [0.2, 0.25) is 0 Å². The van der Waals surface area contributed by atoms with Gasteiger partial charge in [0.05, 0.1) is 38.6 Å². The van der Waals surface area contributed by atoms with Gasteiger partial charge < -0.3 is 64.5 Å². The van der Waals surface area contributed by atoms with E-state index >= 15 is 0 Å². The third-order valence-corrected chi connectivity index (χ3v) is 14.9. The zero-order chi connectivity index (χ0) is 36.8. The minimum Gasteiger partial charge on any atom is -0.394 e. The van der Waals surface area contributed by atoms with E-state index in [-0.39, 0.29) is 36.3 Å². The van der Waals surface area contributed by atoms with Crippen LogP contribution < -0.4 is 0 Å². The lowest BCUT2D eigenvalue weighted by Crippen LogP contribution is -2.64. The lowest BCUT2D eigenvalue weighted by atomic mass is 9.43. The van der Waals surface area contributed by atoms with Gasteiger partial charge in [0, 0.05) is 0 Å². The molecule has 0 aromatic carbocycles. The summed E-state index contributed by atoms with van der Waals surface area (Å²) in [4.78, 5) is 0. The van der Waals surface area contributed by atoms with Gasteiger partial charge in [-0.05, 0) is 97.7 Å². The molecule has 6 aliphatic rings.